The molecule has 3 aromatic rings. The summed E-state index contributed by atoms with van der Waals surface area (Å²) in [7, 11) is -2.79. The number of hydrogen-bond donors (Lipinski definition) is 0. The molecule has 1 heterocycles. The van der Waals surface area contributed by atoms with E-state index in [0.29, 0.717) is 16.3 Å². The summed E-state index contributed by atoms with van der Waals surface area (Å²) in [5.41, 5.74) is 1.75. The highest BCUT2D eigenvalue weighted by molar-refractivity contribution is 7.99. The van der Waals surface area contributed by atoms with Crippen LogP contribution in [0.4, 0.5) is 0 Å². The molecule has 0 N–H and O–H groups in total. The van der Waals surface area contributed by atoms with Crippen molar-refractivity contribution in [3.05, 3.63) is 54.1 Å². The Morgan fingerprint density at radius 1 is 1.19 bits per heavy atom. The van der Waals surface area contributed by atoms with Crippen LogP contribution in [0.1, 0.15) is 32.8 Å². The molecule has 0 unspecified atom stereocenters. The molecule has 0 aliphatic heterocycles. The summed E-state index contributed by atoms with van der Waals surface area (Å²) in [5, 5.41) is 0.507. The highest BCUT2D eigenvalue weighted by Gasteiger charge is 2.39. The fourth-order valence-electron chi connectivity index (χ4n) is 3.37. The molecule has 2 aromatic carbocycles. The Morgan fingerprint density at radius 2 is 1.91 bits per heavy atom. The van der Waals surface area contributed by atoms with Gasteiger partial charge in [-0.15, -0.1) is 0 Å². The van der Waals surface area contributed by atoms with Crippen molar-refractivity contribution in [2.45, 2.75) is 49.9 Å². The van der Waals surface area contributed by atoms with E-state index in [2.05, 4.69) is 11.9 Å². The number of carbonyl (C=O) groups excluding carboxylic acids is 1. The first-order valence-corrected chi connectivity index (χ1v) is 12.9. The number of hydrogen-bond acceptors (Lipinski definition) is 7. The molecule has 172 valence electrons. The van der Waals surface area contributed by atoms with E-state index in [4.69, 9.17) is 9.15 Å². The molecule has 0 bridgehead atoms. The van der Waals surface area contributed by atoms with E-state index in [1.54, 1.807) is 19.9 Å². The van der Waals surface area contributed by atoms with Crippen molar-refractivity contribution in [1.82, 2.24) is 9.29 Å². The van der Waals surface area contributed by atoms with E-state index in [1.165, 1.54) is 35.3 Å². The second-order valence-electron chi connectivity index (χ2n) is 7.71. The Kier molecular flexibility index (Phi) is 7.97. The number of nitrogens with zero attached hydrogens (tertiary/aromatic N) is 2. The largest absolute Gasteiger partial charge is 0.468 e. The molecule has 0 fully saturated rings. The van der Waals surface area contributed by atoms with Crippen molar-refractivity contribution in [2.24, 2.45) is 5.92 Å². The van der Waals surface area contributed by atoms with Crippen molar-refractivity contribution in [1.29, 1.82) is 0 Å². The summed E-state index contributed by atoms with van der Waals surface area (Å²) < 4.78 is 39.5. The lowest BCUT2D eigenvalue weighted by molar-refractivity contribution is -0.146. The number of benzene rings is 2. The molecular weight excluding hydrogens is 448 g/mol. The zero-order valence-corrected chi connectivity index (χ0v) is 20.3. The van der Waals surface area contributed by atoms with E-state index < -0.39 is 22.0 Å². The number of methoxy groups -OCH3 is 1. The van der Waals surface area contributed by atoms with Crippen molar-refractivity contribution >= 4 is 38.9 Å². The van der Waals surface area contributed by atoms with Crippen molar-refractivity contribution in [2.75, 3.05) is 12.9 Å². The molecule has 1 aromatic heterocycles. The van der Waals surface area contributed by atoms with E-state index in [9.17, 15) is 13.2 Å². The van der Waals surface area contributed by atoms with Crippen LogP contribution in [0, 0.1) is 5.92 Å². The van der Waals surface area contributed by atoms with Gasteiger partial charge in [-0.05, 0) is 30.0 Å². The summed E-state index contributed by atoms with van der Waals surface area (Å²) in [6, 6.07) is 12.8. The molecule has 32 heavy (non-hydrogen) atoms. The normalized spacial score (nSPS) is 13.1. The summed E-state index contributed by atoms with van der Waals surface area (Å²) in [4.78, 5) is 17.1. The molecule has 3 rings (SSSR count). The van der Waals surface area contributed by atoms with Crippen LogP contribution in [0.3, 0.4) is 0 Å². The van der Waals surface area contributed by atoms with E-state index in [1.807, 2.05) is 30.3 Å². The first kappa shape index (κ1) is 24.3. The average molecular weight is 477 g/mol. The first-order chi connectivity index (χ1) is 15.3. The van der Waals surface area contributed by atoms with Gasteiger partial charge in [0.2, 0.25) is 10.0 Å². The van der Waals surface area contributed by atoms with Gasteiger partial charge in [0.15, 0.2) is 5.58 Å². The maximum atomic E-state index is 13.8. The number of esters is 1. The molecule has 0 aliphatic rings. The molecule has 0 saturated carbocycles. The number of oxazole rings is 1. The molecule has 9 heteroatoms. The van der Waals surface area contributed by atoms with E-state index in [0.717, 1.165) is 17.7 Å². The Hall–Kier alpha value is -2.36. The third-order valence-electron chi connectivity index (χ3n) is 4.94. The number of sulfonamides is 1. The minimum atomic E-state index is -4.06. The molecular formula is C23H28N2O5S2. The van der Waals surface area contributed by atoms with Gasteiger partial charge in [0, 0.05) is 18.4 Å². The van der Waals surface area contributed by atoms with Crippen LogP contribution in [-0.2, 0) is 26.1 Å². The third kappa shape index (κ3) is 5.33. The number of rotatable bonds is 10. The molecule has 1 atom stereocenters. The zero-order valence-electron chi connectivity index (χ0n) is 18.6. The van der Waals surface area contributed by atoms with Crippen molar-refractivity contribution < 1.29 is 22.4 Å². The number of thioether (sulfide) groups is 1. The number of aromatic nitrogens is 1. The number of ether oxygens (including phenoxy) is 1. The lowest BCUT2D eigenvalue weighted by Crippen LogP contribution is -2.48. The highest BCUT2D eigenvalue weighted by Crippen LogP contribution is 2.30. The predicted molar refractivity (Wildman–Crippen MR) is 125 cm³/mol. The molecule has 0 spiro atoms. The third-order valence-corrected chi connectivity index (χ3v) is 7.80. The molecule has 0 amide bonds. The fourth-order valence-corrected chi connectivity index (χ4v) is 5.77. The second-order valence-corrected chi connectivity index (χ2v) is 10.6. The summed E-state index contributed by atoms with van der Waals surface area (Å²) in [6.45, 7) is 5.69. The topological polar surface area (TPSA) is 89.7 Å². The van der Waals surface area contributed by atoms with Crippen LogP contribution in [0.5, 0.6) is 0 Å². The Bertz CT molecular complexity index is 1160. The molecule has 0 radical (unpaired) electrons. The van der Waals surface area contributed by atoms with Crippen LogP contribution in [0.2, 0.25) is 0 Å². The first-order valence-electron chi connectivity index (χ1n) is 10.4. The van der Waals surface area contributed by atoms with Crippen LogP contribution in [0.15, 0.2) is 63.1 Å². The predicted octanol–water partition coefficient (Wildman–Crippen LogP) is 4.72. The average Bonchev–Trinajstić information content (AvgIpc) is 3.19. The van der Waals surface area contributed by atoms with Gasteiger partial charge in [-0.1, -0.05) is 62.9 Å². The Labute approximate surface area is 193 Å². The number of fused-ring (bicyclic) bond motifs is 1. The van der Waals surface area contributed by atoms with Crippen LogP contribution in [0.25, 0.3) is 11.1 Å². The maximum Gasteiger partial charge on any atom is 0.324 e. The Balaban J connectivity index is 2.06. The highest BCUT2D eigenvalue weighted by atomic mass is 32.2. The van der Waals surface area contributed by atoms with Gasteiger partial charge in [0.1, 0.15) is 11.6 Å². The van der Waals surface area contributed by atoms with E-state index in [-0.39, 0.29) is 17.4 Å². The second kappa shape index (κ2) is 10.5. The maximum absolute atomic E-state index is 13.8. The fraction of sp³-hybridized carbons (Fsp3) is 0.391. The minimum absolute atomic E-state index is 0.0349. The van der Waals surface area contributed by atoms with Gasteiger partial charge in [0.05, 0.1) is 12.0 Å². The molecule has 7 nitrogen and oxygen atoms in total. The van der Waals surface area contributed by atoms with Gasteiger partial charge in [0.25, 0.3) is 5.22 Å². The van der Waals surface area contributed by atoms with Gasteiger partial charge in [-0.3, -0.25) is 4.79 Å². The minimum Gasteiger partial charge on any atom is -0.468 e. The Morgan fingerprint density at radius 3 is 2.53 bits per heavy atom. The van der Waals surface area contributed by atoms with Crippen molar-refractivity contribution in [3.63, 3.8) is 0 Å². The quantitative estimate of drug-likeness (QED) is 0.309. The number of carbonyl (C=O) groups is 1. The van der Waals surface area contributed by atoms with Crippen LogP contribution < -0.4 is 0 Å². The van der Waals surface area contributed by atoms with Gasteiger partial charge in [-0.2, -0.15) is 4.31 Å². The molecule has 0 saturated heterocycles. The van der Waals surface area contributed by atoms with Crippen LogP contribution in [-0.4, -0.2) is 42.6 Å². The van der Waals surface area contributed by atoms with Gasteiger partial charge in [-0.25, -0.2) is 13.4 Å². The SMILES string of the molecule is CCCSc1nc2ccc(S(=O)(=O)N(Cc3ccccc3)[C@@H](C(=O)OC)C(C)C)cc2o1. The van der Waals surface area contributed by atoms with Crippen molar-refractivity contribution in [3.8, 4) is 0 Å². The monoisotopic (exact) mass is 476 g/mol. The zero-order chi connectivity index (χ0) is 23.3. The summed E-state index contributed by atoms with van der Waals surface area (Å²) in [6.07, 6.45) is 0.974. The molecule has 0 aliphatic carbocycles. The smallest absolute Gasteiger partial charge is 0.324 e. The standard InChI is InChI=1S/C23H28N2O5S2/c1-5-13-31-23-24-19-12-11-18(14-20(19)30-23)32(27,28)25(15-17-9-7-6-8-10-17)21(16(2)3)22(26)29-4/h6-12,14,16,21H,5,13,15H2,1-4H3/t21-/m1/s1. The van der Waals surface area contributed by atoms with Gasteiger partial charge >= 0.3 is 5.97 Å². The van der Waals surface area contributed by atoms with Gasteiger partial charge < -0.3 is 9.15 Å². The van der Waals surface area contributed by atoms with Crippen LogP contribution >= 0.6 is 11.8 Å². The summed E-state index contributed by atoms with van der Waals surface area (Å²) in [5.74, 6) is -0.0385. The summed E-state index contributed by atoms with van der Waals surface area (Å²) >= 11 is 1.48. The lowest BCUT2D eigenvalue weighted by Gasteiger charge is -2.31. The lowest BCUT2D eigenvalue weighted by atomic mass is 10.0. The van der Waals surface area contributed by atoms with E-state index >= 15 is 0 Å².